The van der Waals surface area contributed by atoms with Crippen molar-refractivity contribution in [2.45, 2.75) is 51.5 Å². The van der Waals surface area contributed by atoms with Gasteiger partial charge in [-0.1, -0.05) is 32.4 Å². The van der Waals surface area contributed by atoms with Crippen molar-refractivity contribution in [1.29, 1.82) is 0 Å². The van der Waals surface area contributed by atoms with E-state index in [9.17, 15) is 0 Å². The predicted molar refractivity (Wildman–Crippen MR) is 89.1 cm³/mol. The average molecular weight is 288 g/mol. The highest BCUT2D eigenvalue weighted by Gasteiger charge is 2.39. The summed E-state index contributed by atoms with van der Waals surface area (Å²) in [6.07, 6.45) is 5.52. The van der Waals surface area contributed by atoms with Gasteiger partial charge < -0.3 is 10.6 Å². The number of thiocarbonyl (C=S) groups is 1. The summed E-state index contributed by atoms with van der Waals surface area (Å²) in [7, 11) is 0. The average Bonchev–Trinajstić information content (AvgIpc) is 3.01. The van der Waals surface area contributed by atoms with Gasteiger partial charge in [0.2, 0.25) is 0 Å². The monoisotopic (exact) mass is 288 g/mol. The van der Waals surface area contributed by atoms with E-state index in [1.165, 1.54) is 31.2 Å². The van der Waals surface area contributed by atoms with Crippen LogP contribution in [0.4, 0.5) is 5.69 Å². The molecule has 108 valence electrons. The topological polar surface area (TPSA) is 24.1 Å². The molecular formula is C17H24N2S. The zero-order valence-corrected chi connectivity index (χ0v) is 13.2. The molecule has 2 bridgehead atoms. The number of anilines is 1. The lowest BCUT2D eigenvalue weighted by Gasteiger charge is -2.24. The van der Waals surface area contributed by atoms with Crippen LogP contribution in [0.25, 0.3) is 0 Å². The van der Waals surface area contributed by atoms with Gasteiger partial charge >= 0.3 is 0 Å². The van der Waals surface area contributed by atoms with Crippen LogP contribution in [0.2, 0.25) is 0 Å². The Balaban J connectivity index is 1.53. The van der Waals surface area contributed by atoms with Crippen LogP contribution in [0.5, 0.6) is 0 Å². The summed E-state index contributed by atoms with van der Waals surface area (Å²) < 4.78 is 0. The van der Waals surface area contributed by atoms with Crippen molar-refractivity contribution in [2.75, 3.05) is 5.32 Å². The van der Waals surface area contributed by atoms with Gasteiger partial charge in [0.15, 0.2) is 5.11 Å². The molecule has 3 rings (SSSR count). The summed E-state index contributed by atoms with van der Waals surface area (Å²) in [5.41, 5.74) is 2.44. The number of hydrogen-bond donors (Lipinski definition) is 2. The summed E-state index contributed by atoms with van der Waals surface area (Å²) in [6.45, 7) is 4.42. The molecule has 3 heteroatoms. The molecule has 2 N–H and O–H groups in total. The maximum Gasteiger partial charge on any atom is 0.171 e. The molecule has 3 unspecified atom stereocenters. The Bertz CT molecular complexity index is 480. The first kappa shape index (κ1) is 13.9. The molecule has 2 aliphatic rings. The van der Waals surface area contributed by atoms with Gasteiger partial charge in [0.25, 0.3) is 0 Å². The molecule has 20 heavy (non-hydrogen) atoms. The Kier molecular flexibility index (Phi) is 3.97. The Morgan fingerprint density at radius 2 is 1.90 bits per heavy atom. The number of nitrogens with one attached hydrogen (secondary N) is 2. The van der Waals surface area contributed by atoms with Crippen LogP contribution in [0.15, 0.2) is 24.3 Å². The van der Waals surface area contributed by atoms with E-state index in [4.69, 9.17) is 12.2 Å². The van der Waals surface area contributed by atoms with E-state index in [2.05, 4.69) is 48.7 Å². The van der Waals surface area contributed by atoms with Crippen molar-refractivity contribution in [3.63, 3.8) is 0 Å². The Morgan fingerprint density at radius 3 is 2.45 bits per heavy atom. The van der Waals surface area contributed by atoms with Crippen molar-refractivity contribution >= 4 is 23.0 Å². The summed E-state index contributed by atoms with van der Waals surface area (Å²) in [5, 5.41) is 7.61. The minimum Gasteiger partial charge on any atom is -0.359 e. The lowest BCUT2D eigenvalue weighted by Crippen LogP contribution is -2.40. The molecule has 3 atom stereocenters. The van der Waals surface area contributed by atoms with Crippen molar-refractivity contribution in [1.82, 2.24) is 5.32 Å². The predicted octanol–water partition coefficient (Wildman–Crippen LogP) is 4.29. The van der Waals surface area contributed by atoms with Gasteiger partial charge in [-0.3, -0.25) is 0 Å². The van der Waals surface area contributed by atoms with E-state index in [1.54, 1.807) is 0 Å². The molecule has 0 heterocycles. The fourth-order valence-electron chi connectivity index (χ4n) is 3.71. The standard InChI is InChI=1S/C17H24N2S/c1-11(2)13-5-7-15(8-6-13)18-17(20)19-16-10-12-3-4-14(16)9-12/h5-8,11-12,14,16H,3-4,9-10H2,1-2H3,(H2,18,19,20). The van der Waals surface area contributed by atoms with Gasteiger partial charge in [-0.2, -0.15) is 0 Å². The molecule has 1 aromatic carbocycles. The first-order valence-corrected chi connectivity index (χ1v) is 8.20. The smallest absolute Gasteiger partial charge is 0.171 e. The third-order valence-electron chi connectivity index (χ3n) is 4.89. The highest BCUT2D eigenvalue weighted by Crippen LogP contribution is 2.44. The van der Waals surface area contributed by atoms with E-state index < -0.39 is 0 Å². The highest BCUT2D eigenvalue weighted by atomic mass is 32.1. The molecule has 0 aliphatic heterocycles. The lowest BCUT2D eigenvalue weighted by atomic mass is 9.95. The van der Waals surface area contributed by atoms with E-state index in [-0.39, 0.29) is 0 Å². The van der Waals surface area contributed by atoms with Crippen LogP contribution in [0.3, 0.4) is 0 Å². The Morgan fingerprint density at radius 1 is 1.15 bits per heavy atom. The van der Waals surface area contributed by atoms with Gasteiger partial charge in [0, 0.05) is 11.7 Å². The van der Waals surface area contributed by atoms with E-state index in [1.807, 2.05) is 0 Å². The summed E-state index contributed by atoms with van der Waals surface area (Å²) in [4.78, 5) is 0. The Hall–Kier alpha value is -1.09. The summed E-state index contributed by atoms with van der Waals surface area (Å²) in [5.74, 6) is 2.37. The molecule has 2 saturated carbocycles. The van der Waals surface area contributed by atoms with Crippen molar-refractivity contribution in [2.24, 2.45) is 11.8 Å². The second-order valence-corrected chi connectivity index (χ2v) is 7.06. The number of fused-ring (bicyclic) bond motifs is 2. The Labute approximate surface area is 127 Å². The number of hydrogen-bond acceptors (Lipinski definition) is 1. The van der Waals surface area contributed by atoms with E-state index in [0.29, 0.717) is 12.0 Å². The summed E-state index contributed by atoms with van der Waals surface area (Å²) in [6, 6.07) is 9.18. The fourth-order valence-corrected chi connectivity index (χ4v) is 3.98. The first-order valence-electron chi connectivity index (χ1n) is 7.79. The van der Waals surface area contributed by atoms with Gasteiger partial charge in [0.1, 0.15) is 0 Å². The molecular weight excluding hydrogens is 264 g/mol. The first-order chi connectivity index (χ1) is 9.61. The minimum absolute atomic E-state index is 0.572. The lowest BCUT2D eigenvalue weighted by molar-refractivity contribution is 0.392. The highest BCUT2D eigenvalue weighted by molar-refractivity contribution is 7.80. The maximum absolute atomic E-state index is 5.45. The van der Waals surface area contributed by atoms with Crippen LogP contribution in [-0.2, 0) is 0 Å². The number of benzene rings is 1. The van der Waals surface area contributed by atoms with Crippen molar-refractivity contribution in [3.05, 3.63) is 29.8 Å². The molecule has 1 aromatic rings. The summed E-state index contributed by atoms with van der Waals surface area (Å²) >= 11 is 5.45. The van der Waals surface area contributed by atoms with Gasteiger partial charge in [-0.15, -0.1) is 0 Å². The van der Waals surface area contributed by atoms with Crippen molar-refractivity contribution < 1.29 is 0 Å². The molecule has 0 amide bonds. The zero-order valence-electron chi connectivity index (χ0n) is 12.4. The molecule has 2 fully saturated rings. The molecule has 0 saturated heterocycles. The quantitative estimate of drug-likeness (QED) is 0.812. The van der Waals surface area contributed by atoms with Crippen LogP contribution < -0.4 is 10.6 Å². The van der Waals surface area contributed by atoms with Gasteiger partial charge in [-0.25, -0.2) is 0 Å². The van der Waals surface area contributed by atoms with Crippen LogP contribution in [0.1, 0.15) is 51.0 Å². The number of rotatable bonds is 3. The second-order valence-electron chi connectivity index (χ2n) is 6.66. The van der Waals surface area contributed by atoms with Crippen LogP contribution in [0, 0.1) is 11.8 Å². The normalized spacial score (nSPS) is 27.9. The van der Waals surface area contributed by atoms with Crippen LogP contribution in [-0.4, -0.2) is 11.2 Å². The zero-order chi connectivity index (χ0) is 14.1. The molecule has 2 aliphatic carbocycles. The third-order valence-corrected chi connectivity index (χ3v) is 5.11. The largest absolute Gasteiger partial charge is 0.359 e. The molecule has 0 aromatic heterocycles. The molecule has 0 radical (unpaired) electrons. The SMILES string of the molecule is CC(C)c1ccc(NC(=S)NC2CC3CCC2C3)cc1. The minimum atomic E-state index is 0.572. The van der Waals surface area contributed by atoms with Crippen molar-refractivity contribution in [3.8, 4) is 0 Å². The van der Waals surface area contributed by atoms with Crippen LogP contribution >= 0.6 is 12.2 Å². The van der Waals surface area contributed by atoms with Gasteiger partial charge in [-0.05, 0) is 66.9 Å². The van der Waals surface area contributed by atoms with Gasteiger partial charge in [0.05, 0.1) is 0 Å². The third kappa shape index (κ3) is 2.98. The van der Waals surface area contributed by atoms with E-state index >= 15 is 0 Å². The molecule has 2 nitrogen and oxygen atoms in total. The fraction of sp³-hybridized carbons (Fsp3) is 0.588. The maximum atomic E-state index is 5.45. The molecule has 0 spiro atoms. The second kappa shape index (κ2) is 5.72. The van der Waals surface area contributed by atoms with E-state index in [0.717, 1.165) is 22.6 Å².